The molecule has 0 saturated heterocycles. The first-order valence-corrected chi connectivity index (χ1v) is 7.23. The molecule has 2 rings (SSSR count). The predicted octanol–water partition coefficient (Wildman–Crippen LogP) is 3.80. The molecule has 1 atom stereocenters. The molecule has 0 amide bonds. The van der Waals surface area contributed by atoms with Gasteiger partial charge in [-0.2, -0.15) is 0 Å². The Morgan fingerprint density at radius 3 is 3.05 bits per heavy atom. The Labute approximate surface area is 125 Å². The average molecular weight is 350 g/mol. The fourth-order valence-electron chi connectivity index (χ4n) is 1.81. The lowest BCUT2D eigenvalue weighted by atomic mass is 10.1. The van der Waals surface area contributed by atoms with Gasteiger partial charge in [-0.1, -0.05) is 0 Å². The smallest absolute Gasteiger partial charge is 0.305 e. The van der Waals surface area contributed by atoms with Gasteiger partial charge in [-0.15, -0.1) is 11.6 Å². The Morgan fingerprint density at radius 2 is 2.32 bits per heavy atom. The number of carbonyl (C=O) groups is 1. The minimum Gasteiger partial charge on any atom is -0.466 e. The maximum atomic E-state index is 11.3. The summed E-state index contributed by atoms with van der Waals surface area (Å²) >= 11 is 9.72. The summed E-state index contributed by atoms with van der Waals surface area (Å²) in [5.41, 5.74) is 0.891. The van der Waals surface area contributed by atoms with E-state index in [2.05, 4.69) is 15.9 Å². The molecule has 1 aliphatic heterocycles. The number of esters is 1. The van der Waals surface area contributed by atoms with Crippen molar-refractivity contribution in [2.24, 2.45) is 0 Å². The van der Waals surface area contributed by atoms with Gasteiger partial charge >= 0.3 is 5.97 Å². The van der Waals surface area contributed by atoms with Crippen LogP contribution in [0.1, 0.15) is 30.7 Å². The van der Waals surface area contributed by atoms with Gasteiger partial charge in [0, 0.05) is 6.42 Å². The molecule has 0 saturated carbocycles. The van der Waals surface area contributed by atoms with E-state index >= 15 is 0 Å². The van der Waals surface area contributed by atoms with Crippen LogP contribution in [-0.2, 0) is 9.53 Å². The highest BCUT2D eigenvalue weighted by molar-refractivity contribution is 9.10. The maximum Gasteiger partial charge on any atom is 0.305 e. The number of rotatable bonds is 5. The lowest BCUT2D eigenvalue weighted by molar-refractivity contribution is -0.143. The molecule has 1 unspecified atom stereocenters. The van der Waals surface area contributed by atoms with Gasteiger partial charge in [0.05, 0.1) is 16.5 Å². The zero-order chi connectivity index (χ0) is 13.8. The second-order valence-corrected chi connectivity index (χ2v) is 5.43. The van der Waals surface area contributed by atoms with Crippen LogP contribution >= 0.6 is 27.5 Å². The van der Waals surface area contributed by atoms with Crippen LogP contribution in [0.15, 0.2) is 16.6 Å². The topological polar surface area (TPSA) is 44.8 Å². The number of hydrogen-bond donors (Lipinski definition) is 0. The summed E-state index contributed by atoms with van der Waals surface area (Å²) in [4.78, 5) is 11.3. The van der Waals surface area contributed by atoms with E-state index < -0.39 is 0 Å². The molecule has 0 N–H and O–H groups in total. The Morgan fingerprint density at radius 1 is 1.53 bits per heavy atom. The zero-order valence-corrected chi connectivity index (χ0v) is 12.8. The van der Waals surface area contributed by atoms with Gasteiger partial charge in [0.1, 0.15) is 0 Å². The highest BCUT2D eigenvalue weighted by Gasteiger charge is 2.21. The van der Waals surface area contributed by atoms with Crippen LogP contribution in [0.25, 0.3) is 0 Å². The monoisotopic (exact) mass is 348 g/mol. The molecule has 4 nitrogen and oxygen atoms in total. The molecule has 0 aliphatic carbocycles. The Bertz CT molecular complexity index is 478. The standard InChI is InChI=1S/C13H14BrClO4/c1-2-17-12(16)4-3-10(15)8-5-9(14)13-11(6-8)18-7-19-13/h5-6,10H,2-4,7H2,1H3. The van der Waals surface area contributed by atoms with Crippen LogP contribution in [0.3, 0.4) is 0 Å². The van der Waals surface area contributed by atoms with E-state index in [1.54, 1.807) is 6.92 Å². The van der Waals surface area contributed by atoms with Crippen molar-refractivity contribution < 1.29 is 19.0 Å². The van der Waals surface area contributed by atoms with Gasteiger partial charge in [-0.25, -0.2) is 0 Å². The van der Waals surface area contributed by atoms with Crippen LogP contribution in [0.4, 0.5) is 0 Å². The van der Waals surface area contributed by atoms with Crippen molar-refractivity contribution in [3.63, 3.8) is 0 Å². The molecule has 1 aliphatic rings. The van der Waals surface area contributed by atoms with Crippen LogP contribution in [0.5, 0.6) is 11.5 Å². The van der Waals surface area contributed by atoms with Crippen molar-refractivity contribution in [2.75, 3.05) is 13.4 Å². The van der Waals surface area contributed by atoms with E-state index in [4.69, 9.17) is 25.8 Å². The van der Waals surface area contributed by atoms with E-state index in [1.807, 2.05) is 12.1 Å². The normalized spacial score (nSPS) is 14.3. The maximum absolute atomic E-state index is 11.3. The summed E-state index contributed by atoms with van der Waals surface area (Å²) in [5.74, 6) is 1.14. The number of halogens is 2. The molecular formula is C13H14BrClO4. The highest BCUT2D eigenvalue weighted by Crippen LogP contribution is 2.42. The quantitative estimate of drug-likeness (QED) is 0.599. The Hall–Kier alpha value is -0.940. The van der Waals surface area contributed by atoms with Crippen LogP contribution in [0.2, 0.25) is 0 Å². The van der Waals surface area contributed by atoms with Crippen molar-refractivity contribution in [3.8, 4) is 11.5 Å². The van der Waals surface area contributed by atoms with Crippen molar-refractivity contribution in [2.45, 2.75) is 25.1 Å². The summed E-state index contributed by atoms with van der Waals surface area (Å²) in [6.07, 6.45) is 0.820. The number of ether oxygens (including phenoxy) is 3. The fourth-order valence-corrected chi connectivity index (χ4v) is 2.62. The molecule has 0 aromatic heterocycles. The van der Waals surface area contributed by atoms with Crippen LogP contribution in [0, 0.1) is 0 Å². The van der Waals surface area contributed by atoms with Crippen LogP contribution in [-0.4, -0.2) is 19.4 Å². The lowest BCUT2D eigenvalue weighted by Gasteiger charge is -2.11. The second-order valence-electron chi connectivity index (χ2n) is 4.05. The molecule has 104 valence electrons. The Balaban J connectivity index is 2.01. The first-order chi connectivity index (χ1) is 9.11. The fraction of sp³-hybridized carbons (Fsp3) is 0.462. The molecule has 1 aromatic rings. The molecule has 1 heterocycles. The SMILES string of the molecule is CCOC(=O)CCC(Cl)c1cc(Br)c2c(c1)OCO2. The zero-order valence-electron chi connectivity index (χ0n) is 10.4. The number of carbonyl (C=O) groups excluding carboxylic acids is 1. The number of benzene rings is 1. The molecule has 0 radical (unpaired) electrons. The summed E-state index contributed by atoms with van der Waals surface area (Å²) in [6, 6.07) is 3.73. The molecule has 1 aromatic carbocycles. The minimum absolute atomic E-state index is 0.215. The second kappa shape index (κ2) is 6.48. The van der Waals surface area contributed by atoms with Crippen molar-refractivity contribution in [1.29, 1.82) is 0 Å². The summed E-state index contributed by atoms with van der Waals surface area (Å²) in [7, 11) is 0. The van der Waals surface area contributed by atoms with Crippen LogP contribution < -0.4 is 9.47 Å². The first kappa shape index (κ1) is 14.5. The third-order valence-corrected chi connectivity index (χ3v) is 3.78. The average Bonchev–Trinajstić information content (AvgIpc) is 2.85. The van der Waals surface area contributed by atoms with E-state index in [0.717, 1.165) is 10.0 Å². The van der Waals surface area contributed by atoms with Gasteiger partial charge in [0.25, 0.3) is 0 Å². The van der Waals surface area contributed by atoms with Gasteiger partial charge in [-0.3, -0.25) is 4.79 Å². The summed E-state index contributed by atoms with van der Waals surface area (Å²) in [5, 5.41) is -0.268. The van der Waals surface area contributed by atoms with E-state index in [-0.39, 0.29) is 18.1 Å². The van der Waals surface area contributed by atoms with Crippen molar-refractivity contribution in [1.82, 2.24) is 0 Å². The van der Waals surface area contributed by atoms with Crippen molar-refractivity contribution >= 4 is 33.5 Å². The Kier molecular flexibility index (Phi) is 4.93. The van der Waals surface area contributed by atoms with Gasteiger partial charge in [0.15, 0.2) is 11.5 Å². The molecule has 0 bridgehead atoms. The number of alkyl halides is 1. The third kappa shape index (κ3) is 3.54. The van der Waals surface area contributed by atoms with Gasteiger partial charge < -0.3 is 14.2 Å². The third-order valence-electron chi connectivity index (χ3n) is 2.72. The number of hydrogen-bond acceptors (Lipinski definition) is 4. The molecule has 6 heteroatoms. The van der Waals surface area contributed by atoms with Crippen molar-refractivity contribution in [3.05, 3.63) is 22.2 Å². The summed E-state index contributed by atoms with van der Waals surface area (Å²) in [6.45, 7) is 2.39. The minimum atomic E-state index is -0.268. The summed E-state index contributed by atoms with van der Waals surface area (Å²) < 4.78 is 16.3. The molecule has 0 spiro atoms. The van der Waals surface area contributed by atoms with Gasteiger partial charge in [0.2, 0.25) is 6.79 Å². The molecule has 19 heavy (non-hydrogen) atoms. The predicted molar refractivity (Wildman–Crippen MR) is 74.7 cm³/mol. The largest absolute Gasteiger partial charge is 0.466 e. The first-order valence-electron chi connectivity index (χ1n) is 6.00. The lowest BCUT2D eigenvalue weighted by Crippen LogP contribution is -2.05. The van der Waals surface area contributed by atoms with Gasteiger partial charge in [-0.05, 0) is 47.0 Å². The van der Waals surface area contributed by atoms with E-state index in [0.29, 0.717) is 30.9 Å². The molecule has 0 fully saturated rings. The number of fused-ring (bicyclic) bond motifs is 1. The van der Waals surface area contributed by atoms with E-state index in [1.165, 1.54) is 0 Å². The van der Waals surface area contributed by atoms with E-state index in [9.17, 15) is 4.79 Å². The highest BCUT2D eigenvalue weighted by atomic mass is 79.9. The molecular weight excluding hydrogens is 335 g/mol.